The van der Waals surface area contributed by atoms with Crippen LogP contribution >= 0.6 is 108 Å². The summed E-state index contributed by atoms with van der Waals surface area (Å²) < 4.78 is 34.0. The molecule has 1 saturated heterocycles. The molecule has 406 valence electrons. The molecule has 9 aromatic rings. The van der Waals surface area contributed by atoms with Crippen molar-refractivity contribution in [1.82, 2.24) is 25.4 Å². The monoisotopic (exact) mass is 1440 g/mol. The minimum absolute atomic E-state index is 0. The van der Waals surface area contributed by atoms with Crippen LogP contribution in [0, 0.1) is 55.4 Å². The lowest BCUT2D eigenvalue weighted by Gasteiger charge is -2.32. The van der Waals surface area contributed by atoms with E-state index in [2.05, 4.69) is 165 Å². The summed E-state index contributed by atoms with van der Waals surface area (Å²) in [6.45, 7) is 25.7. The van der Waals surface area contributed by atoms with Gasteiger partial charge in [-0.05, 0) is 166 Å². The molecular weight excluding hydrogens is 1380 g/mol. The summed E-state index contributed by atoms with van der Waals surface area (Å²) >= 11 is 20.2. The van der Waals surface area contributed by atoms with Crippen LogP contribution < -0.4 is 22.5 Å². The number of H-pyrrole nitrogens is 2. The van der Waals surface area contributed by atoms with E-state index in [-0.39, 0.29) is 30.7 Å². The van der Waals surface area contributed by atoms with Gasteiger partial charge >= 0.3 is 7.12 Å². The van der Waals surface area contributed by atoms with Gasteiger partial charge < -0.3 is 48.8 Å². The van der Waals surface area contributed by atoms with Crippen molar-refractivity contribution in [1.29, 1.82) is 0 Å². The van der Waals surface area contributed by atoms with E-state index >= 15 is 0 Å². The fraction of sp³-hybridized carbons (Fsp3) is 0.296. The molecule has 14 nitrogen and oxygen atoms in total. The third-order valence-corrected chi connectivity index (χ3v) is 15.1. The fourth-order valence-electron chi connectivity index (χ4n) is 7.89. The Morgan fingerprint density at radius 1 is 0.605 bits per heavy atom. The predicted molar refractivity (Wildman–Crippen MR) is 333 cm³/mol. The van der Waals surface area contributed by atoms with E-state index in [1.165, 1.54) is 21.9 Å². The number of carbonyl (C=O) groups is 1. The molecule has 10 rings (SSSR count). The second-order valence-electron chi connectivity index (χ2n) is 18.5. The Morgan fingerprint density at radius 2 is 1.04 bits per heavy atom. The molecule has 0 aliphatic carbocycles. The van der Waals surface area contributed by atoms with E-state index in [1.807, 2.05) is 125 Å². The van der Waals surface area contributed by atoms with Gasteiger partial charge in [-0.1, -0.05) is 118 Å². The summed E-state index contributed by atoms with van der Waals surface area (Å²) in [5, 5.41) is 14.6. The maximum atomic E-state index is 9.17. The lowest BCUT2D eigenvalue weighted by Crippen LogP contribution is -2.41. The first kappa shape index (κ1) is 64.5. The second-order valence-corrected chi connectivity index (χ2v) is 23.9. The number of nitrogen functional groups attached to an aromatic ring is 2. The standard InChI is InChI=1S/C19H19N3O2.C11H18BNO3.C9H7Br2N.C6H6Br2N2.C6H5Br2N.C3H6O.ClH/c1-9-8-20-16-7-14(18-10(2)21-23-12(18)4)6-15(17(9)16)19-11(3)22-24-13(19)5;1-7-9(8(2)14-13-7)12-15-10(3,4)11(5,6)16-12;1-5-4-12-8-3-6(10)2-7(11)9(5)8;7-4-1-5(8)3-6(2-4)10-9;7-4-1-5(8)3-6(9)2-4;1-2-3-4;/h6-8,20H,1-5H3;1-6H3;2-4,12H,1H3;1-3,10H,9H2;1-3H,9H2;3H,2H2,1H3;1H. The number of nitrogens with two attached hydrogens (primary N) is 2. The highest BCUT2D eigenvalue weighted by atomic mass is 79.9. The number of hydrazine groups is 1. The van der Waals surface area contributed by atoms with Gasteiger partial charge in [-0.2, -0.15) is 0 Å². The Kier molecular flexibility index (Phi) is 23.9. The Bertz CT molecular complexity index is 3260. The van der Waals surface area contributed by atoms with Crippen molar-refractivity contribution >= 4 is 160 Å². The third kappa shape index (κ3) is 16.3. The van der Waals surface area contributed by atoms with Gasteiger partial charge in [-0.25, -0.2) is 0 Å². The molecule has 7 N–H and O–H groups in total. The topological polar surface area (TPSA) is 209 Å². The zero-order valence-electron chi connectivity index (χ0n) is 44.4. The molecule has 1 aliphatic heterocycles. The molecular formula is C54H62BBr6ClN8O6. The quantitative estimate of drug-likeness (QED) is 0.0358. The first-order valence-corrected chi connectivity index (χ1v) is 28.2. The van der Waals surface area contributed by atoms with Gasteiger partial charge in [0, 0.05) is 89.7 Å². The minimum atomic E-state index is -0.378. The van der Waals surface area contributed by atoms with Crippen LogP contribution in [0.15, 0.2) is 113 Å². The number of aryl methyl sites for hydroxylation is 8. The number of halogens is 7. The van der Waals surface area contributed by atoms with Crippen molar-refractivity contribution in [3.05, 3.63) is 145 Å². The van der Waals surface area contributed by atoms with E-state index in [0.29, 0.717) is 6.42 Å². The molecule has 1 fully saturated rings. The zero-order valence-corrected chi connectivity index (χ0v) is 54.7. The van der Waals surface area contributed by atoms with Crippen LogP contribution in [-0.4, -0.2) is 50.0 Å². The summed E-state index contributed by atoms with van der Waals surface area (Å²) in [6.07, 6.45) is 5.56. The molecule has 0 atom stereocenters. The first-order chi connectivity index (χ1) is 35.2. The van der Waals surface area contributed by atoms with Crippen LogP contribution in [0.1, 0.15) is 86.5 Å². The fourth-order valence-corrected chi connectivity index (χ4v) is 12.1. The number of benzene rings is 4. The SMILES string of the molecule is CCC=O.Cc1c[nH]c2cc(Br)cc(Br)c12.Cc1noc(C)c1-c1cc(-c2c(C)noc2C)c2c(C)c[nH]c2c1.Cc1noc(C)c1B1OC(C)(C)C(C)(C)O1.Cl.NNc1cc(Br)cc(Br)c1.Nc1cc(Br)cc(Br)c1. The van der Waals surface area contributed by atoms with Crippen LogP contribution in [0.3, 0.4) is 0 Å². The molecule has 1 aliphatic rings. The smallest absolute Gasteiger partial charge is 0.399 e. The number of hydrogen-bond acceptors (Lipinski definition) is 12. The van der Waals surface area contributed by atoms with Gasteiger partial charge in [0.2, 0.25) is 0 Å². The number of fused-ring (bicyclic) bond motifs is 2. The van der Waals surface area contributed by atoms with Gasteiger partial charge in [-0.15, -0.1) is 12.4 Å². The van der Waals surface area contributed by atoms with E-state index in [0.717, 1.165) is 118 Å². The lowest BCUT2D eigenvalue weighted by molar-refractivity contribution is -0.107. The first-order valence-electron chi connectivity index (χ1n) is 23.5. The molecule has 0 spiro atoms. The van der Waals surface area contributed by atoms with Crippen LogP contribution in [-0.2, 0) is 14.1 Å². The number of rotatable bonds is 5. The zero-order chi connectivity index (χ0) is 55.7. The third-order valence-electron chi connectivity index (χ3n) is 12.2. The van der Waals surface area contributed by atoms with Crippen LogP contribution in [0.25, 0.3) is 44.1 Å². The summed E-state index contributed by atoms with van der Waals surface area (Å²) in [6, 6.07) is 19.8. The molecule has 5 aromatic heterocycles. The van der Waals surface area contributed by atoms with Crippen molar-refractivity contribution in [2.45, 2.75) is 108 Å². The molecule has 0 unspecified atom stereocenters. The van der Waals surface area contributed by atoms with Gasteiger partial charge in [0.25, 0.3) is 0 Å². The Labute approximate surface area is 501 Å². The van der Waals surface area contributed by atoms with Crippen LogP contribution in [0.4, 0.5) is 11.4 Å². The van der Waals surface area contributed by atoms with E-state index in [9.17, 15) is 4.79 Å². The highest BCUT2D eigenvalue weighted by molar-refractivity contribution is 9.11. The average Bonchev–Trinajstić information content (AvgIpc) is 4.17. The highest BCUT2D eigenvalue weighted by Gasteiger charge is 2.53. The second kappa shape index (κ2) is 28.2. The normalized spacial score (nSPS) is 12.9. The van der Waals surface area contributed by atoms with E-state index in [1.54, 1.807) is 0 Å². The summed E-state index contributed by atoms with van der Waals surface area (Å²) in [4.78, 5) is 15.8. The Balaban J connectivity index is 0.000000211. The Morgan fingerprint density at radius 3 is 1.47 bits per heavy atom. The molecule has 6 heterocycles. The van der Waals surface area contributed by atoms with E-state index < -0.39 is 0 Å². The molecule has 0 saturated carbocycles. The number of aldehydes is 1. The van der Waals surface area contributed by atoms with Gasteiger partial charge in [0.05, 0.1) is 34.0 Å². The lowest BCUT2D eigenvalue weighted by atomic mass is 9.77. The van der Waals surface area contributed by atoms with Gasteiger partial charge in [0.15, 0.2) is 0 Å². The number of aromatic amines is 2. The van der Waals surface area contributed by atoms with Crippen molar-refractivity contribution in [2.24, 2.45) is 5.84 Å². The molecule has 4 aromatic carbocycles. The van der Waals surface area contributed by atoms with Crippen molar-refractivity contribution in [3.63, 3.8) is 0 Å². The average molecular weight is 1440 g/mol. The molecule has 76 heavy (non-hydrogen) atoms. The number of aromatic nitrogens is 5. The molecule has 22 heteroatoms. The Hall–Kier alpha value is -4.03. The molecule has 0 amide bonds. The van der Waals surface area contributed by atoms with Crippen molar-refractivity contribution in [2.75, 3.05) is 11.2 Å². The van der Waals surface area contributed by atoms with Crippen LogP contribution in [0.5, 0.6) is 0 Å². The maximum absolute atomic E-state index is 9.17. The number of nitrogens with zero attached hydrogens (tertiary/aromatic N) is 3. The van der Waals surface area contributed by atoms with Gasteiger partial charge in [-0.3, -0.25) is 5.84 Å². The van der Waals surface area contributed by atoms with E-state index in [4.69, 9.17) is 34.5 Å². The number of hydrogen-bond donors (Lipinski definition) is 5. The summed E-state index contributed by atoms with van der Waals surface area (Å²) in [5.74, 6) is 7.60. The predicted octanol–water partition coefficient (Wildman–Crippen LogP) is 16.9. The maximum Gasteiger partial charge on any atom is 0.500 e. The molecule has 0 radical (unpaired) electrons. The van der Waals surface area contributed by atoms with Crippen molar-refractivity contribution < 1.29 is 27.7 Å². The summed E-state index contributed by atoms with van der Waals surface area (Å²) in [5.41, 5.74) is 21.6. The van der Waals surface area contributed by atoms with Crippen LogP contribution in [0.2, 0.25) is 0 Å². The minimum Gasteiger partial charge on any atom is -0.399 e. The number of nitrogens with one attached hydrogen (secondary N) is 3. The molecule has 0 bridgehead atoms. The number of anilines is 2. The highest BCUT2D eigenvalue weighted by Crippen LogP contribution is 2.40. The van der Waals surface area contributed by atoms with Crippen molar-refractivity contribution in [3.8, 4) is 22.3 Å². The van der Waals surface area contributed by atoms with Gasteiger partial charge in [0.1, 0.15) is 23.6 Å². The summed E-state index contributed by atoms with van der Waals surface area (Å²) in [7, 11) is -0.378. The largest absolute Gasteiger partial charge is 0.500 e. The number of carbonyl (C=O) groups excluding carboxylic acids is 1.